The van der Waals surface area contributed by atoms with Crippen LogP contribution in [0.2, 0.25) is 0 Å². The Kier molecular flexibility index (Phi) is 6.58. The van der Waals surface area contributed by atoms with Gasteiger partial charge in [-0.05, 0) is 13.3 Å². The summed E-state index contributed by atoms with van der Waals surface area (Å²) >= 11 is 0. The second-order valence-corrected chi connectivity index (χ2v) is 8.65. The molecule has 0 bridgehead atoms. The zero-order chi connectivity index (χ0) is 18.2. The zero-order valence-corrected chi connectivity index (χ0v) is 19.0. The SMILES string of the molecule is CCNC(=NCc1noc(C(C)(C)C)n1)NC1C2CCOC2C1(C)C.I. The lowest BCUT2D eigenvalue weighted by atomic mass is 9.57. The van der Waals surface area contributed by atoms with Gasteiger partial charge in [-0.15, -0.1) is 24.0 Å². The van der Waals surface area contributed by atoms with Crippen LogP contribution in [0.1, 0.15) is 59.7 Å². The van der Waals surface area contributed by atoms with E-state index < -0.39 is 0 Å². The molecule has 3 unspecified atom stereocenters. The first-order valence-electron chi connectivity index (χ1n) is 9.23. The van der Waals surface area contributed by atoms with Crippen molar-refractivity contribution in [3.8, 4) is 0 Å². The molecule has 2 heterocycles. The van der Waals surface area contributed by atoms with E-state index in [1.54, 1.807) is 0 Å². The smallest absolute Gasteiger partial charge is 0.232 e. The fraction of sp³-hybridized carbons (Fsp3) is 0.833. The highest BCUT2D eigenvalue weighted by atomic mass is 127. The Morgan fingerprint density at radius 3 is 2.69 bits per heavy atom. The molecule has 1 aliphatic heterocycles. The van der Waals surface area contributed by atoms with Crippen molar-refractivity contribution in [1.29, 1.82) is 0 Å². The lowest BCUT2D eigenvalue weighted by Crippen LogP contribution is -2.67. The number of halogens is 1. The third kappa shape index (κ3) is 4.16. The maximum Gasteiger partial charge on any atom is 0.232 e. The number of fused-ring (bicyclic) bond motifs is 1. The third-order valence-corrected chi connectivity index (χ3v) is 5.23. The van der Waals surface area contributed by atoms with E-state index >= 15 is 0 Å². The van der Waals surface area contributed by atoms with E-state index in [-0.39, 0.29) is 34.8 Å². The average molecular weight is 477 g/mol. The quantitative estimate of drug-likeness (QED) is 0.394. The van der Waals surface area contributed by atoms with Gasteiger partial charge < -0.3 is 19.9 Å². The summed E-state index contributed by atoms with van der Waals surface area (Å²) in [5, 5.41) is 11.0. The Bertz CT molecular complexity index is 638. The van der Waals surface area contributed by atoms with Crippen molar-refractivity contribution in [2.45, 2.75) is 72.1 Å². The number of hydrogen-bond acceptors (Lipinski definition) is 5. The van der Waals surface area contributed by atoms with Gasteiger partial charge in [-0.25, -0.2) is 4.99 Å². The Labute approximate surface area is 173 Å². The van der Waals surface area contributed by atoms with Crippen molar-refractivity contribution in [3.05, 3.63) is 11.7 Å². The van der Waals surface area contributed by atoms with Gasteiger partial charge >= 0.3 is 0 Å². The van der Waals surface area contributed by atoms with Gasteiger partial charge in [0.25, 0.3) is 0 Å². The number of hydrogen-bond donors (Lipinski definition) is 2. The number of ether oxygens (including phenoxy) is 1. The molecule has 2 N–H and O–H groups in total. The molecule has 0 spiro atoms. The fourth-order valence-electron chi connectivity index (χ4n) is 3.86. The maximum atomic E-state index is 5.87. The van der Waals surface area contributed by atoms with Crippen LogP contribution in [0.4, 0.5) is 0 Å². The molecule has 1 aliphatic carbocycles. The summed E-state index contributed by atoms with van der Waals surface area (Å²) in [6, 6.07) is 0.369. The topological polar surface area (TPSA) is 84.6 Å². The summed E-state index contributed by atoms with van der Waals surface area (Å²) < 4.78 is 11.2. The van der Waals surface area contributed by atoms with E-state index in [0.717, 1.165) is 25.5 Å². The molecule has 1 saturated heterocycles. The minimum absolute atomic E-state index is 0. The van der Waals surface area contributed by atoms with Gasteiger partial charge in [0.15, 0.2) is 11.8 Å². The largest absolute Gasteiger partial charge is 0.377 e. The number of nitrogens with zero attached hydrogens (tertiary/aromatic N) is 3. The van der Waals surface area contributed by atoms with Crippen molar-refractivity contribution in [3.63, 3.8) is 0 Å². The van der Waals surface area contributed by atoms with Crippen LogP contribution >= 0.6 is 24.0 Å². The lowest BCUT2D eigenvalue weighted by molar-refractivity contribution is -0.106. The first kappa shape index (κ1) is 21.4. The molecule has 26 heavy (non-hydrogen) atoms. The fourth-order valence-corrected chi connectivity index (χ4v) is 3.86. The predicted molar refractivity (Wildman–Crippen MR) is 112 cm³/mol. The van der Waals surface area contributed by atoms with E-state index in [1.807, 2.05) is 0 Å². The van der Waals surface area contributed by atoms with Crippen LogP contribution < -0.4 is 10.6 Å². The Balaban J connectivity index is 0.00000243. The van der Waals surface area contributed by atoms with Crippen LogP contribution in [0.15, 0.2) is 9.52 Å². The molecule has 7 nitrogen and oxygen atoms in total. The molecule has 0 aromatic carbocycles. The molecule has 148 valence electrons. The van der Waals surface area contributed by atoms with Gasteiger partial charge in [0.1, 0.15) is 6.54 Å². The van der Waals surface area contributed by atoms with Gasteiger partial charge in [-0.1, -0.05) is 39.8 Å². The molecule has 0 radical (unpaired) electrons. The second-order valence-electron chi connectivity index (χ2n) is 8.65. The molecule has 1 aromatic rings. The van der Waals surface area contributed by atoms with Crippen LogP contribution in [-0.2, 0) is 16.7 Å². The molecule has 8 heteroatoms. The molecular weight excluding hydrogens is 445 g/mol. The first-order chi connectivity index (χ1) is 11.7. The minimum Gasteiger partial charge on any atom is -0.377 e. The molecule has 2 fully saturated rings. The highest BCUT2D eigenvalue weighted by Crippen LogP contribution is 2.52. The second kappa shape index (κ2) is 8.00. The van der Waals surface area contributed by atoms with Crippen LogP contribution in [0, 0.1) is 11.3 Å². The van der Waals surface area contributed by atoms with Gasteiger partial charge in [0.2, 0.25) is 5.89 Å². The summed E-state index contributed by atoms with van der Waals surface area (Å²) in [5.41, 5.74) is -0.0337. The van der Waals surface area contributed by atoms with Gasteiger partial charge in [0.05, 0.1) is 6.10 Å². The van der Waals surface area contributed by atoms with Crippen LogP contribution in [0.5, 0.6) is 0 Å². The third-order valence-electron chi connectivity index (χ3n) is 5.23. The maximum absolute atomic E-state index is 5.87. The van der Waals surface area contributed by atoms with Crippen molar-refractivity contribution < 1.29 is 9.26 Å². The van der Waals surface area contributed by atoms with Crippen molar-refractivity contribution in [2.24, 2.45) is 16.3 Å². The monoisotopic (exact) mass is 477 g/mol. The molecule has 0 amide bonds. The normalized spacial score (nSPS) is 27.3. The summed E-state index contributed by atoms with van der Waals surface area (Å²) in [5.74, 6) is 2.61. The number of guanidine groups is 1. The molecule has 1 saturated carbocycles. The first-order valence-corrected chi connectivity index (χ1v) is 9.23. The molecule has 2 aliphatic rings. The summed E-state index contributed by atoms with van der Waals surface area (Å²) in [4.78, 5) is 9.10. The van der Waals surface area contributed by atoms with E-state index in [9.17, 15) is 0 Å². The summed E-state index contributed by atoms with van der Waals surface area (Å²) in [6.07, 6.45) is 1.48. The minimum atomic E-state index is -0.148. The van der Waals surface area contributed by atoms with E-state index in [0.29, 0.717) is 36.3 Å². The standard InChI is InChI=1S/C18H31N5O2.HI/c1-7-19-16(20-10-12-21-15(25-23-12)17(2,3)4)22-13-11-8-9-24-14(11)18(13,5)6;/h11,13-14H,7-10H2,1-6H3,(H2,19,20,22);1H. The van der Waals surface area contributed by atoms with E-state index in [4.69, 9.17) is 9.26 Å². The van der Waals surface area contributed by atoms with Gasteiger partial charge in [-0.3, -0.25) is 0 Å². The molecule has 3 rings (SSSR count). The van der Waals surface area contributed by atoms with Crippen LogP contribution in [0.3, 0.4) is 0 Å². The molecule has 3 atom stereocenters. The van der Waals surface area contributed by atoms with Gasteiger partial charge in [0, 0.05) is 35.9 Å². The van der Waals surface area contributed by atoms with E-state index in [2.05, 4.69) is 67.3 Å². The van der Waals surface area contributed by atoms with Crippen LogP contribution in [0.25, 0.3) is 0 Å². The van der Waals surface area contributed by atoms with Crippen molar-refractivity contribution in [1.82, 2.24) is 20.8 Å². The predicted octanol–water partition coefficient (Wildman–Crippen LogP) is 2.85. The number of aromatic nitrogens is 2. The number of rotatable bonds is 4. The lowest BCUT2D eigenvalue weighted by Gasteiger charge is -2.54. The Morgan fingerprint density at radius 2 is 2.08 bits per heavy atom. The zero-order valence-electron chi connectivity index (χ0n) is 16.6. The highest BCUT2D eigenvalue weighted by molar-refractivity contribution is 14.0. The summed E-state index contributed by atoms with van der Waals surface area (Å²) in [6.45, 7) is 14.8. The average Bonchev–Trinajstić information content (AvgIpc) is 3.17. The van der Waals surface area contributed by atoms with E-state index in [1.165, 1.54) is 0 Å². The van der Waals surface area contributed by atoms with Crippen molar-refractivity contribution >= 4 is 29.9 Å². The summed E-state index contributed by atoms with van der Waals surface area (Å²) in [7, 11) is 0. The Hall–Kier alpha value is -0.900. The number of nitrogens with one attached hydrogen (secondary N) is 2. The Morgan fingerprint density at radius 1 is 1.35 bits per heavy atom. The highest BCUT2D eigenvalue weighted by Gasteiger charge is 2.59. The number of aliphatic imine (C=N–C) groups is 1. The molecule has 1 aromatic heterocycles. The van der Waals surface area contributed by atoms with Gasteiger partial charge in [-0.2, -0.15) is 4.98 Å². The van der Waals surface area contributed by atoms with Crippen molar-refractivity contribution in [2.75, 3.05) is 13.2 Å². The molecular formula is C18H32IN5O2. The van der Waals surface area contributed by atoms with Crippen LogP contribution in [-0.4, -0.2) is 41.4 Å².